The molecule has 4 aromatic rings. The van der Waals surface area contributed by atoms with E-state index in [4.69, 9.17) is 9.47 Å². The summed E-state index contributed by atoms with van der Waals surface area (Å²) in [7, 11) is 2.66. The molecule has 0 unspecified atom stereocenters. The van der Waals surface area contributed by atoms with Crippen LogP contribution in [0, 0.1) is 40.5 Å². The van der Waals surface area contributed by atoms with E-state index in [2.05, 4.69) is 0 Å². The first-order valence-electron chi connectivity index (χ1n) is 12.7. The molecule has 0 radical (unpaired) electrons. The molecule has 0 atom stereocenters. The molecule has 0 saturated carbocycles. The third kappa shape index (κ3) is 5.87. The van der Waals surface area contributed by atoms with Crippen LogP contribution in [-0.4, -0.2) is 39.7 Å². The summed E-state index contributed by atoms with van der Waals surface area (Å²) in [4.78, 5) is 57.7. The highest BCUT2D eigenvalue weighted by atomic mass is 16.6. The molecule has 0 aliphatic carbocycles. The zero-order valence-electron chi connectivity index (χ0n) is 23.1. The largest absolute Gasteiger partial charge is 0.496 e. The van der Waals surface area contributed by atoms with Crippen LogP contribution in [0.2, 0.25) is 0 Å². The molecule has 4 aromatic carbocycles. The fraction of sp³-hybridized carbons (Fsp3) is 0.138. The summed E-state index contributed by atoms with van der Waals surface area (Å²) < 4.78 is 10.5. The van der Waals surface area contributed by atoms with Gasteiger partial charge in [-0.05, 0) is 24.3 Å². The first-order chi connectivity index (χ1) is 21.0. The van der Waals surface area contributed by atoms with Crippen molar-refractivity contribution >= 4 is 28.5 Å². The number of para-hydroxylation sites is 2. The molecule has 0 aliphatic rings. The SMILES string of the molecule is COc1ccccc1-c1ccc(CC(=O)Cc2ccc(-c3ccccc3OC)c([N+](=O)[O-])c2[N+](=O)[O-])c([N+](=O)[O-])c1[N+](=O)[O-]. The second kappa shape index (κ2) is 12.7. The van der Waals surface area contributed by atoms with Crippen LogP contribution in [0.15, 0.2) is 72.8 Å². The number of carbonyl (C=O) groups is 1. The number of hydrogen-bond donors (Lipinski definition) is 0. The molecular weight excluding hydrogens is 580 g/mol. The Morgan fingerprint density at radius 2 is 0.864 bits per heavy atom. The number of rotatable bonds is 12. The number of nitro groups is 4. The molecule has 0 bridgehead atoms. The number of ketones is 1. The maximum Gasteiger partial charge on any atom is 0.354 e. The minimum Gasteiger partial charge on any atom is -0.496 e. The number of Topliss-reactive ketones (excluding diaryl/α,β-unsaturated/α-hetero) is 1. The first kappa shape index (κ1) is 30.7. The third-order valence-corrected chi connectivity index (χ3v) is 6.77. The summed E-state index contributed by atoms with van der Waals surface area (Å²) in [5.74, 6) is -0.367. The van der Waals surface area contributed by atoms with Gasteiger partial charge in [0.2, 0.25) is 0 Å². The van der Waals surface area contributed by atoms with Crippen molar-refractivity contribution in [2.75, 3.05) is 14.2 Å². The van der Waals surface area contributed by atoms with E-state index in [0.717, 1.165) is 0 Å². The summed E-state index contributed by atoms with van der Waals surface area (Å²) in [6.07, 6.45) is -1.44. The summed E-state index contributed by atoms with van der Waals surface area (Å²) in [5.41, 5.74) is -4.04. The quantitative estimate of drug-likeness (QED) is 0.135. The Hall–Kier alpha value is -6.25. The van der Waals surface area contributed by atoms with Crippen LogP contribution in [0.1, 0.15) is 11.1 Å². The van der Waals surface area contributed by atoms with Crippen molar-refractivity contribution < 1.29 is 34.0 Å². The van der Waals surface area contributed by atoms with Gasteiger partial charge in [-0.3, -0.25) is 45.3 Å². The molecule has 0 saturated heterocycles. The molecule has 15 heteroatoms. The Bertz CT molecular complexity index is 1710. The lowest BCUT2D eigenvalue weighted by atomic mass is 9.93. The topological polar surface area (TPSA) is 208 Å². The molecule has 0 N–H and O–H groups in total. The Kier molecular flexibility index (Phi) is 8.88. The highest BCUT2D eigenvalue weighted by Crippen LogP contribution is 2.45. The van der Waals surface area contributed by atoms with Crippen molar-refractivity contribution in [3.63, 3.8) is 0 Å². The van der Waals surface area contributed by atoms with Crippen LogP contribution < -0.4 is 9.47 Å². The minimum absolute atomic E-state index is 0.117. The second-order valence-electron chi connectivity index (χ2n) is 9.26. The van der Waals surface area contributed by atoms with Gasteiger partial charge in [0.25, 0.3) is 0 Å². The number of nitro benzene ring substituents is 4. The van der Waals surface area contributed by atoms with Crippen LogP contribution in [0.5, 0.6) is 11.5 Å². The monoisotopic (exact) mass is 602 g/mol. The standard InChI is InChI=1S/C29H22N4O11/c1-43-24-9-5-3-7-20(24)22-13-11-17(26(30(35)36)28(22)32(39)40)15-19(34)16-18-12-14-23(21-8-4-6-10-25(21)44-2)29(33(41)42)27(18)31(37)38/h3-14H,15-16H2,1-2H3. The van der Waals surface area contributed by atoms with Crippen molar-refractivity contribution in [3.8, 4) is 33.8 Å². The van der Waals surface area contributed by atoms with Crippen molar-refractivity contribution in [1.29, 1.82) is 0 Å². The highest BCUT2D eigenvalue weighted by Gasteiger charge is 2.37. The molecule has 0 aliphatic heterocycles. The van der Waals surface area contributed by atoms with E-state index in [9.17, 15) is 45.3 Å². The molecule has 0 amide bonds. The lowest BCUT2D eigenvalue weighted by Gasteiger charge is -2.12. The fourth-order valence-corrected chi connectivity index (χ4v) is 4.96. The van der Waals surface area contributed by atoms with E-state index in [1.54, 1.807) is 24.3 Å². The van der Waals surface area contributed by atoms with E-state index >= 15 is 0 Å². The van der Waals surface area contributed by atoms with Crippen molar-refractivity contribution in [1.82, 2.24) is 0 Å². The Morgan fingerprint density at radius 3 is 1.18 bits per heavy atom. The van der Waals surface area contributed by atoms with Crippen LogP contribution in [0.3, 0.4) is 0 Å². The lowest BCUT2D eigenvalue weighted by Crippen LogP contribution is -2.12. The van der Waals surface area contributed by atoms with Gasteiger partial charge in [0, 0.05) is 35.1 Å². The van der Waals surface area contributed by atoms with Gasteiger partial charge < -0.3 is 9.47 Å². The zero-order chi connectivity index (χ0) is 32.1. The summed E-state index contributed by atoms with van der Waals surface area (Å²) in [6.45, 7) is 0. The fourth-order valence-electron chi connectivity index (χ4n) is 4.96. The van der Waals surface area contributed by atoms with Gasteiger partial charge in [-0.25, -0.2) is 0 Å². The Labute approximate surface area is 247 Å². The molecule has 0 spiro atoms. The van der Waals surface area contributed by atoms with Crippen LogP contribution in [-0.2, 0) is 17.6 Å². The van der Waals surface area contributed by atoms with Crippen LogP contribution in [0.4, 0.5) is 22.7 Å². The molecule has 4 rings (SSSR count). The predicted octanol–water partition coefficient (Wildman–Crippen LogP) is 6.02. The number of benzene rings is 4. The molecule has 0 fully saturated rings. The molecular formula is C29H22N4O11. The maximum absolute atomic E-state index is 13.2. The molecule has 0 heterocycles. The first-order valence-corrected chi connectivity index (χ1v) is 12.7. The van der Waals surface area contributed by atoms with Gasteiger partial charge in [-0.2, -0.15) is 0 Å². The molecule has 15 nitrogen and oxygen atoms in total. The van der Waals surface area contributed by atoms with Crippen LogP contribution in [0.25, 0.3) is 22.3 Å². The number of carbonyl (C=O) groups excluding carboxylic acids is 1. The van der Waals surface area contributed by atoms with E-state index < -0.39 is 61.1 Å². The highest BCUT2D eigenvalue weighted by molar-refractivity contribution is 5.91. The van der Waals surface area contributed by atoms with E-state index in [1.807, 2.05) is 0 Å². The van der Waals surface area contributed by atoms with E-state index in [-0.39, 0.29) is 44.9 Å². The van der Waals surface area contributed by atoms with E-state index in [1.165, 1.54) is 62.8 Å². The average molecular weight is 603 g/mol. The normalized spacial score (nSPS) is 10.6. The Balaban J connectivity index is 1.79. The van der Waals surface area contributed by atoms with Crippen molar-refractivity contribution in [2.45, 2.75) is 12.8 Å². The summed E-state index contributed by atoms with van der Waals surface area (Å²) in [5, 5.41) is 48.4. The maximum atomic E-state index is 13.2. The van der Waals surface area contributed by atoms with Gasteiger partial charge in [0.15, 0.2) is 0 Å². The number of hydrogen-bond acceptors (Lipinski definition) is 11. The zero-order valence-corrected chi connectivity index (χ0v) is 23.1. The Morgan fingerprint density at radius 1 is 0.523 bits per heavy atom. The van der Waals surface area contributed by atoms with Crippen molar-refractivity contribution in [2.24, 2.45) is 0 Å². The van der Waals surface area contributed by atoms with Crippen LogP contribution >= 0.6 is 0 Å². The van der Waals surface area contributed by atoms with Gasteiger partial charge in [-0.15, -0.1) is 0 Å². The second-order valence-corrected chi connectivity index (χ2v) is 9.26. The number of methoxy groups -OCH3 is 2. The van der Waals surface area contributed by atoms with Crippen molar-refractivity contribution in [3.05, 3.63) is 124 Å². The number of nitrogens with zero attached hydrogens (tertiary/aromatic N) is 4. The predicted molar refractivity (Wildman–Crippen MR) is 156 cm³/mol. The van der Waals surface area contributed by atoms with Gasteiger partial charge in [0.05, 0.1) is 45.0 Å². The number of ether oxygens (including phenoxy) is 2. The molecule has 0 aromatic heterocycles. The van der Waals surface area contributed by atoms with Gasteiger partial charge in [0.1, 0.15) is 17.3 Å². The smallest absolute Gasteiger partial charge is 0.354 e. The average Bonchev–Trinajstić information content (AvgIpc) is 3.00. The third-order valence-electron chi connectivity index (χ3n) is 6.77. The van der Waals surface area contributed by atoms with Gasteiger partial charge in [-0.1, -0.05) is 48.5 Å². The molecule has 44 heavy (non-hydrogen) atoms. The van der Waals surface area contributed by atoms with E-state index in [0.29, 0.717) is 0 Å². The summed E-state index contributed by atoms with van der Waals surface area (Å²) in [6, 6.07) is 17.2. The summed E-state index contributed by atoms with van der Waals surface area (Å²) >= 11 is 0. The van der Waals surface area contributed by atoms with Gasteiger partial charge >= 0.3 is 22.7 Å². The lowest BCUT2D eigenvalue weighted by molar-refractivity contribution is -0.422. The minimum atomic E-state index is -0.977. The molecule has 224 valence electrons.